The van der Waals surface area contributed by atoms with E-state index in [9.17, 15) is 18.0 Å². The van der Waals surface area contributed by atoms with Crippen LogP contribution in [0.25, 0.3) is 0 Å². The predicted octanol–water partition coefficient (Wildman–Crippen LogP) is 8.43. The zero-order valence-electron chi connectivity index (χ0n) is 25.9. The molecule has 0 radical (unpaired) electrons. The van der Waals surface area contributed by atoms with Crippen LogP contribution in [0.15, 0.2) is 36.4 Å². The van der Waals surface area contributed by atoms with Crippen LogP contribution in [-0.2, 0) is 25.9 Å². The third-order valence-electron chi connectivity index (χ3n) is 7.09. The van der Waals surface area contributed by atoms with E-state index in [0.29, 0.717) is 5.56 Å². The Morgan fingerprint density at radius 1 is 0.886 bits per heavy atom. The summed E-state index contributed by atoms with van der Waals surface area (Å²) < 4.78 is 44.1. The third-order valence-corrected chi connectivity index (χ3v) is 10.1. The zero-order chi connectivity index (χ0) is 32.7. The summed E-state index contributed by atoms with van der Waals surface area (Å²) in [4.78, 5) is 22.7. The number of anilines is 3. The Labute approximate surface area is 274 Å². The number of carbonyl (C=O) groups is 1. The molecular weight excluding hydrogens is 699 g/mol. The molecule has 238 valence electrons. The van der Waals surface area contributed by atoms with Crippen LogP contribution in [0.5, 0.6) is 0 Å². The van der Waals surface area contributed by atoms with Gasteiger partial charge < -0.3 is 0 Å². The molecular formula is C33H36Cl2F3N3O2Ru. The first-order valence-corrected chi connectivity index (χ1v) is 16.7. The second-order valence-electron chi connectivity index (χ2n) is 11.3. The third kappa shape index (κ3) is 7.12. The monoisotopic (exact) mass is 735 g/mol. The summed E-state index contributed by atoms with van der Waals surface area (Å²) in [6, 6.07) is 11.7. The molecule has 0 aliphatic carbocycles. The molecule has 44 heavy (non-hydrogen) atoms. The molecule has 1 fully saturated rings. The molecule has 0 N–H and O–H groups in total. The summed E-state index contributed by atoms with van der Waals surface area (Å²) >= 11 is 12.0. The molecule has 0 bridgehead atoms. The molecule has 5 nitrogen and oxygen atoms in total. The molecule has 1 aliphatic heterocycles. The summed E-state index contributed by atoms with van der Waals surface area (Å²) in [5, 5.41) is 0.0538. The van der Waals surface area contributed by atoms with E-state index in [4.69, 9.17) is 28.0 Å². The van der Waals surface area contributed by atoms with Gasteiger partial charge in [0.05, 0.1) is 0 Å². The molecule has 1 heterocycles. The number of benzene rings is 3. The van der Waals surface area contributed by atoms with E-state index in [1.807, 2.05) is 4.61 Å². The number of alkyl halides is 3. The van der Waals surface area contributed by atoms with Crippen molar-refractivity contribution in [2.45, 2.75) is 67.7 Å². The minimum atomic E-state index is -5.19. The van der Waals surface area contributed by atoms with Gasteiger partial charge in [-0.1, -0.05) is 0 Å². The van der Waals surface area contributed by atoms with Crippen molar-refractivity contribution in [3.05, 3.63) is 85.4 Å². The number of carbonyl (C=O) groups excluding carboxylic acids is 1. The molecule has 1 saturated heterocycles. The van der Waals surface area contributed by atoms with Gasteiger partial charge in [0.25, 0.3) is 0 Å². The number of halogens is 5. The van der Waals surface area contributed by atoms with Crippen molar-refractivity contribution < 1.29 is 39.0 Å². The number of hydrogen-bond acceptors (Lipinski definition) is 4. The van der Waals surface area contributed by atoms with Crippen LogP contribution in [0.2, 0.25) is 10.0 Å². The topological polar surface area (TPSA) is 36.0 Å². The fourth-order valence-electron chi connectivity index (χ4n) is 5.71. The van der Waals surface area contributed by atoms with Gasteiger partial charge in [-0.3, -0.25) is 0 Å². The zero-order valence-corrected chi connectivity index (χ0v) is 29.2. The second-order valence-corrected chi connectivity index (χ2v) is 13.9. The Morgan fingerprint density at radius 2 is 1.34 bits per heavy atom. The fourth-order valence-corrected chi connectivity index (χ4v) is 8.33. The van der Waals surface area contributed by atoms with Crippen LogP contribution in [-0.4, -0.2) is 40.2 Å². The van der Waals surface area contributed by atoms with E-state index in [0.717, 1.165) is 51.1 Å². The van der Waals surface area contributed by atoms with E-state index < -0.39 is 34.4 Å². The van der Waals surface area contributed by atoms with E-state index in [1.165, 1.54) is 31.0 Å². The molecule has 0 aromatic heterocycles. The van der Waals surface area contributed by atoms with Crippen molar-refractivity contribution in [3.63, 3.8) is 0 Å². The normalized spacial score (nSPS) is 13.7. The Bertz CT molecular complexity index is 1570. The first kappa shape index (κ1) is 34.3. The number of rotatable bonds is 6. The predicted molar refractivity (Wildman–Crippen MR) is 172 cm³/mol. The molecule has 0 unspecified atom stereocenters. The average Bonchev–Trinajstić information content (AvgIpc) is 3.28. The van der Waals surface area contributed by atoms with E-state index >= 15 is 0 Å². The van der Waals surface area contributed by atoms with Gasteiger partial charge in [-0.15, -0.1) is 0 Å². The summed E-state index contributed by atoms with van der Waals surface area (Å²) in [7, 11) is 0. The Balaban J connectivity index is 2.01. The van der Waals surface area contributed by atoms with Crippen molar-refractivity contribution in [3.8, 4) is 0 Å². The number of hydroxylamine groups is 1. The molecule has 3 aromatic rings. The quantitative estimate of drug-likeness (QED) is 0.188. The van der Waals surface area contributed by atoms with Gasteiger partial charge >= 0.3 is 275 Å². The summed E-state index contributed by atoms with van der Waals surface area (Å²) in [5.41, 5.74) is 9.23. The molecule has 11 heteroatoms. The first-order chi connectivity index (χ1) is 20.5. The van der Waals surface area contributed by atoms with Gasteiger partial charge in [0.15, 0.2) is 0 Å². The van der Waals surface area contributed by atoms with Crippen LogP contribution < -0.4 is 14.9 Å². The maximum atomic E-state index is 13.7. The molecule has 3 aromatic carbocycles. The van der Waals surface area contributed by atoms with E-state index in [-0.39, 0.29) is 20.8 Å². The number of hydrogen-bond donors (Lipinski definition) is 0. The van der Waals surface area contributed by atoms with Crippen LogP contribution in [0.1, 0.15) is 52.8 Å². The summed E-state index contributed by atoms with van der Waals surface area (Å²) in [6.45, 7) is 17.1. The second kappa shape index (κ2) is 13.4. The Morgan fingerprint density at radius 3 is 1.75 bits per heavy atom. The van der Waals surface area contributed by atoms with Crippen molar-refractivity contribution >= 4 is 55.1 Å². The van der Waals surface area contributed by atoms with E-state index in [1.54, 1.807) is 6.07 Å². The Kier molecular flexibility index (Phi) is 10.5. The molecule has 1 aliphatic rings. The van der Waals surface area contributed by atoms with Gasteiger partial charge in [0.2, 0.25) is 0 Å². The molecule has 1 amide bonds. The van der Waals surface area contributed by atoms with E-state index in [2.05, 4.69) is 75.6 Å². The number of aryl methyl sites for hydroxylation is 6. The van der Waals surface area contributed by atoms with Gasteiger partial charge in [-0.05, 0) is 0 Å². The number of amides is 1. The van der Waals surface area contributed by atoms with Crippen LogP contribution >= 0.6 is 23.2 Å². The standard InChI is InChI=1S/C21H26N2.C12H10Cl2F3NO2.Ru/c1-14-9-16(3)20(17(4)10-14)22-7-8-23(13-22)21-18(5)11-15(2)12-19(21)6;1-6(2)20-18(11(19)12(15,16)17)10-7(3)4-5-8(13)9(10)14;/h9-12H,7-8H2,1-6H3;3-6H,1-2H3;. The molecule has 0 spiro atoms. The fraction of sp³-hybridized carbons (Fsp3) is 0.364. The summed E-state index contributed by atoms with van der Waals surface area (Å²) in [5.74, 6) is -2.19. The van der Waals surface area contributed by atoms with Crippen LogP contribution in [0.3, 0.4) is 0 Å². The van der Waals surface area contributed by atoms with Crippen molar-refractivity contribution in [2.75, 3.05) is 28.0 Å². The SMILES string of the molecule is Cc1cc(C)c(N2CCN(c3c(C)cc(C)cc3C)[C]2=[Ru]=[CH]c2ccc(Cl)c(Cl)c2N(OC(C)C)C(=O)C(F)(F)F)c(C)c1. The van der Waals surface area contributed by atoms with Crippen LogP contribution in [0.4, 0.5) is 30.2 Å². The van der Waals surface area contributed by atoms with Gasteiger partial charge in [0.1, 0.15) is 0 Å². The van der Waals surface area contributed by atoms with Crippen LogP contribution in [0, 0.1) is 41.5 Å². The van der Waals surface area contributed by atoms with Crippen molar-refractivity contribution in [1.29, 1.82) is 0 Å². The first-order valence-electron chi connectivity index (χ1n) is 14.1. The van der Waals surface area contributed by atoms with Gasteiger partial charge in [-0.2, -0.15) is 0 Å². The molecule has 0 saturated carbocycles. The Hall–Kier alpha value is -2.58. The molecule has 0 atom stereocenters. The maximum absolute atomic E-state index is 13.7. The number of nitrogens with zero attached hydrogens (tertiary/aromatic N) is 3. The van der Waals surface area contributed by atoms with Crippen molar-refractivity contribution in [2.24, 2.45) is 0 Å². The minimum absolute atomic E-state index is 0.00975. The summed E-state index contributed by atoms with van der Waals surface area (Å²) in [6.07, 6.45) is -5.94. The van der Waals surface area contributed by atoms with Gasteiger partial charge in [0, 0.05) is 0 Å². The molecule has 4 rings (SSSR count). The van der Waals surface area contributed by atoms with Crippen molar-refractivity contribution in [1.82, 2.24) is 0 Å². The average molecular weight is 736 g/mol. The van der Waals surface area contributed by atoms with Gasteiger partial charge in [-0.25, -0.2) is 0 Å².